The quantitative estimate of drug-likeness (QED) is 0.720. The van der Waals surface area contributed by atoms with Crippen LogP contribution in [0.4, 0.5) is 0 Å². The van der Waals surface area contributed by atoms with Gasteiger partial charge < -0.3 is 9.09 Å². The van der Waals surface area contributed by atoms with Crippen LogP contribution in [0.2, 0.25) is 0 Å². The summed E-state index contributed by atoms with van der Waals surface area (Å²) in [6.07, 6.45) is 0.856. The van der Waals surface area contributed by atoms with Crippen LogP contribution in [0.25, 0.3) is 0 Å². The van der Waals surface area contributed by atoms with Gasteiger partial charge in [-0.15, -0.1) is 0 Å². The highest BCUT2D eigenvalue weighted by atomic mass is 32.2. The monoisotopic (exact) mass is 322 g/mol. The summed E-state index contributed by atoms with van der Waals surface area (Å²) in [5.41, 5.74) is 2.33. The highest BCUT2D eigenvalue weighted by Crippen LogP contribution is 2.25. The molecule has 0 spiro atoms. The van der Waals surface area contributed by atoms with Gasteiger partial charge in [0, 0.05) is 18.7 Å². The summed E-state index contributed by atoms with van der Waals surface area (Å²) in [7, 11) is 0. The first-order valence-electron chi connectivity index (χ1n) is 7.84. The van der Waals surface area contributed by atoms with E-state index in [1.165, 1.54) is 5.69 Å². The number of rotatable bonds is 7. The Labute approximate surface area is 136 Å². The molecule has 6 heteroatoms. The number of hydrogen-bond donors (Lipinski definition) is 0. The SMILES string of the molecule is Cc1nc(SCc2nc(CC(C)C)no2)n(CC(C)C)c1C. The van der Waals surface area contributed by atoms with E-state index in [4.69, 9.17) is 4.52 Å². The molecule has 0 fully saturated rings. The molecule has 0 radical (unpaired) electrons. The van der Waals surface area contributed by atoms with E-state index in [1.807, 2.05) is 0 Å². The smallest absolute Gasteiger partial charge is 0.237 e. The van der Waals surface area contributed by atoms with Crippen LogP contribution in [0.15, 0.2) is 9.68 Å². The summed E-state index contributed by atoms with van der Waals surface area (Å²) in [6, 6.07) is 0. The predicted molar refractivity (Wildman–Crippen MR) is 88.9 cm³/mol. The Morgan fingerprint density at radius 2 is 1.82 bits per heavy atom. The zero-order valence-corrected chi connectivity index (χ0v) is 15.2. The van der Waals surface area contributed by atoms with Crippen molar-refractivity contribution in [3.63, 3.8) is 0 Å². The molecule has 5 nitrogen and oxygen atoms in total. The van der Waals surface area contributed by atoms with Gasteiger partial charge in [0.05, 0.1) is 11.4 Å². The summed E-state index contributed by atoms with van der Waals surface area (Å²) in [5.74, 6) is 3.26. The lowest BCUT2D eigenvalue weighted by Gasteiger charge is -2.11. The zero-order chi connectivity index (χ0) is 16.3. The molecule has 0 unspecified atom stereocenters. The molecule has 0 aliphatic rings. The number of aryl methyl sites for hydroxylation is 1. The number of thioether (sulfide) groups is 1. The fraction of sp³-hybridized carbons (Fsp3) is 0.688. The molecule has 0 aliphatic carbocycles. The van der Waals surface area contributed by atoms with Crippen molar-refractivity contribution in [2.45, 2.75) is 65.4 Å². The van der Waals surface area contributed by atoms with Crippen molar-refractivity contribution in [2.24, 2.45) is 11.8 Å². The molecule has 22 heavy (non-hydrogen) atoms. The summed E-state index contributed by atoms with van der Waals surface area (Å²) in [6.45, 7) is 13.9. The first-order valence-corrected chi connectivity index (χ1v) is 8.83. The van der Waals surface area contributed by atoms with Gasteiger partial charge in [0.25, 0.3) is 0 Å². The van der Waals surface area contributed by atoms with E-state index in [2.05, 4.69) is 61.2 Å². The molecule has 0 saturated carbocycles. The topological polar surface area (TPSA) is 56.7 Å². The van der Waals surface area contributed by atoms with Crippen LogP contribution >= 0.6 is 11.8 Å². The summed E-state index contributed by atoms with van der Waals surface area (Å²) in [4.78, 5) is 9.12. The third-order valence-electron chi connectivity index (χ3n) is 3.40. The minimum absolute atomic E-state index is 0.536. The second-order valence-electron chi connectivity index (χ2n) is 6.56. The highest BCUT2D eigenvalue weighted by Gasteiger charge is 2.15. The maximum Gasteiger partial charge on any atom is 0.237 e. The van der Waals surface area contributed by atoms with E-state index >= 15 is 0 Å². The third-order valence-corrected chi connectivity index (χ3v) is 4.36. The van der Waals surface area contributed by atoms with Crippen molar-refractivity contribution >= 4 is 11.8 Å². The van der Waals surface area contributed by atoms with Crippen molar-refractivity contribution in [2.75, 3.05) is 0 Å². The number of nitrogens with zero attached hydrogens (tertiary/aromatic N) is 4. The average Bonchev–Trinajstić information content (AvgIpc) is 2.95. The lowest BCUT2D eigenvalue weighted by molar-refractivity contribution is 0.382. The van der Waals surface area contributed by atoms with Gasteiger partial charge in [-0.25, -0.2) is 4.98 Å². The largest absolute Gasteiger partial charge is 0.338 e. The van der Waals surface area contributed by atoms with Gasteiger partial charge in [-0.3, -0.25) is 0 Å². The van der Waals surface area contributed by atoms with E-state index in [9.17, 15) is 0 Å². The Balaban J connectivity index is 2.05. The first-order chi connectivity index (χ1) is 10.4. The number of aromatic nitrogens is 4. The van der Waals surface area contributed by atoms with Crippen LogP contribution in [-0.2, 0) is 18.7 Å². The summed E-state index contributed by atoms with van der Waals surface area (Å²) >= 11 is 1.66. The van der Waals surface area contributed by atoms with Gasteiger partial charge in [-0.2, -0.15) is 4.98 Å². The standard InChI is InChI=1S/C16H26N4OS/c1-10(2)7-14-18-15(21-19-14)9-22-16-17-12(5)13(6)20(16)8-11(3)4/h10-11H,7-9H2,1-6H3. The van der Waals surface area contributed by atoms with E-state index < -0.39 is 0 Å². The van der Waals surface area contributed by atoms with Crippen molar-refractivity contribution in [3.05, 3.63) is 23.1 Å². The molecule has 0 aliphatic heterocycles. The molecule has 2 aromatic rings. The summed E-state index contributed by atoms with van der Waals surface area (Å²) in [5, 5.41) is 5.07. The second-order valence-corrected chi connectivity index (χ2v) is 7.50. The molecule has 0 aromatic carbocycles. The normalized spacial score (nSPS) is 11.8. The van der Waals surface area contributed by atoms with Gasteiger partial charge >= 0.3 is 0 Å². The second kappa shape index (κ2) is 7.31. The Kier molecular flexibility index (Phi) is 5.67. The average molecular weight is 322 g/mol. The molecule has 0 bridgehead atoms. The van der Waals surface area contributed by atoms with E-state index in [-0.39, 0.29) is 0 Å². The number of imidazole rings is 1. The van der Waals surface area contributed by atoms with Crippen LogP contribution in [0.1, 0.15) is 50.8 Å². The van der Waals surface area contributed by atoms with Gasteiger partial charge in [-0.1, -0.05) is 44.6 Å². The molecule has 122 valence electrons. The van der Waals surface area contributed by atoms with Crippen LogP contribution < -0.4 is 0 Å². The van der Waals surface area contributed by atoms with Crippen LogP contribution in [0.3, 0.4) is 0 Å². The molecular weight excluding hydrogens is 296 g/mol. The summed E-state index contributed by atoms with van der Waals surface area (Å²) < 4.78 is 7.61. The molecule has 2 heterocycles. The van der Waals surface area contributed by atoms with Gasteiger partial charge in [0.15, 0.2) is 11.0 Å². The minimum Gasteiger partial charge on any atom is -0.338 e. The molecule has 0 amide bonds. The zero-order valence-electron chi connectivity index (χ0n) is 14.4. The maximum absolute atomic E-state index is 5.33. The lowest BCUT2D eigenvalue weighted by Crippen LogP contribution is -2.07. The Bertz CT molecular complexity index is 616. The molecule has 2 aromatic heterocycles. The third kappa shape index (κ3) is 4.35. The lowest BCUT2D eigenvalue weighted by atomic mass is 10.1. The van der Waals surface area contributed by atoms with E-state index in [0.717, 1.165) is 29.6 Å². The van der Waals surface area contributed by atoms with Crippen molar-refractivity contribution < 1.29 is 4.52 Å². The fourth-order valence-electron chi connectivity index (χ4n) is 2.24. The van der Waals surface area contributed by atoms with Gasteiger partial charge in [-0.05, 0) is 25.7 Å². The maximum atomic E-state index is 5.33. The first kappa shape index (κ1) is 17.1. The van der Waals surface area contributed by atoms with Gasteiger partial charge in [0.1, 0.15) is 0 Å². The van der Waals surface area contributed by atoms with Crippen molar-refractivity contribution in [3.8, 4) is 0 Å². The molecular formula is C16H26N4OS. The number of hydrogen-bond acceptors (Lipinski definition) is 5. The van der Waals surface area contributed by atoms with Crippen molar-refractivity contribution in [1.29, 1.82) is 0 Å². The molecule has 0 saturated heterocycles. The Morgan fingerprint density at radius 1 is 1.09 bits per heavy atom. The van der Waals surface area contributed by atoms with E-state index in [1.54, 1.807) is 11.8 Å². The highest BCUT2D eigenvalue weighted by molar-refractivity contribution is 7.98. The Morgan fingerprint density at radius 3 is 2.45 bits per heavy atom. The molecule has 0 N–H and O–H groups in total. The Hall–Kier alpha value is -1.30. The van der Waals surface area contributed by atoms with Crippen molar-refractivity contribution in [1.82, 2.24) is 19.7 Å². The predicted octanol–water partition coefficient (Wildman–Crippen LogP) is 4.03. The van der Waals surface area contributed by atoms with Crippen LogP contribution in [0.5, 0.6) is 0 Å². The van der Waals surface area contributed by atoms with E-state index in [0.29, 0.717) is 23.5 Å². The fourth-order valence-corrected chi connectivity index (χ4v) is 3.18. The molecule has 0 atom stereocenters. The minimum atomic E-state index is 0.536. The van der Waals surface area contributed by atoms with Crippen LogP contribution in [0, 0.1) is 25.7 Å². The van der Waals surface area contributed by atoms with Gasteiger partial charge in [0.2, 0.25) is 5.89 Å². The molecule has 2 rings (SSSR count). The van der Waals surface area contributed by atoms with Crippen LogP contribution in [-0.4, -0.2) is 19.7 Å².